The number of anilines is 1. The Hall–Kier alpha value is -2.60. The number of hydrogen-bond acceptors (Lipinski definition) is 3. The van der Waals surface area contributed by atoms with Gasteiger partial charge in [-0.2, -0.15) is 0 Å². The van der Waals surface area contributed by atoms with Crippen molar-refractivity contribution >= 4 is 11.6 Å². The molecule has 0 aromatic heterocycles. The number of halogens is 1. The number of nitrogens with one attached hydrogen (secondary N) is 1. The molecular weight excluding hydrogens is 307 g/mol. The molecule has 0 fully saturated rings. The Morgan fingerprint density at radius 1 is 1.17 bits per heavy atom. The second kappa shape index (κ2) is 8.31. The molecular formula is C18H23FN4O. The molecule has 3 N–H and O–H groups in total. The Labute approximate surface area is 142 Å². The largest absolute Gasteiger partial charge is 0.497 e. The quantitative estimate of drug-likeness (QED) is 0.631. The maximum absolute atomic E-state index is 13.1. The number of hydrogen-bond donors (Lipinski definition) is 2. The van der Waals surface area contributed by atoms with Crippen LogP contribution < -0.4 is 15.8 Å². The minimum atomic E-state index is -0.250. The van der Waals surface area contributed by atoms with Crippen molar-refractivity contribution < 1.29 is 9.13 Å². The molecule has 0 aliphatic rings. The van der Waals surface area contributed by atoms with E-state index in [-0.39, 0.29) is 11.9 Å². The minimum Gasteiger partial charge on any atom is -0.497 e. The number of guanidine groups is 1. The van der Waals surface area contributed by atoms with Crippen LogP contribution in [0, 0.1) is 5.82 Å². The van der Waals surface area contributed by atoms with E-state index in [0.29, 0.717) is 12.5 Å². The Kier molecular flexibility index (Phi) is 6.14. The zero-order chi connectivity index (χ0) is 17.5. The summed E-state index contributed by atoms with van der Waals surface area (Å²) in [6, 6.07) is 13.9. The molecule has 0 amide bonds. The molecule has 2 aromatic rings. The first-order valence-corrected chi connectivity index (χ1v) is 7.62. The molecule has 0 saturated carbocycles. The molecule has 0 heterocycles. The van der Waals surface area contributed by atoms with Crippen LogP contribution in [0.25, 0.3) is 0 Å². The van der Waals surface area contributed by atoms with Gasteiger partial charge in [-0.1, -0.05) is 12.1 Å². The maximum atomic E-state index is 13.1. The van der Waals surface area contributed by atoms with Gasteiger partial charge in [-0.25, -0.2) is 4.39 Å². The summed E-state index contributed by atoms with van der Waals surface area (Å²) >= 11 is 0. The van der Waals surface area contributed by atoms with Crippen LogP contribution in [0.15, 0.2) is 53.5 Å². The number of benzene rings is 2. The molecule has 1 atom stereocenters. The highest BCUT2D eigenvalue weighted by atomic mass is 19.1. The topological polar surface area (TPSA) is 62.9 Å². The van der Waals surface area contributed by atoms with E-state index in [9.17, 15) is 4.39 Å². The van der Waals surface area contributed by atoms with Gasteiger partial charge < -0.3 is 20.7 Å². The van der Waals surface area contributed by atoms with Crippen molar-refractivity contribution in [2.45, 2.75) is 6.04 Å². The summed E-state index contributed by atoms with van der Waals surface area (Å²) in [4.78, 5) is 6.42. The summed E-state index contributed by atoms with van der Waals surface area (Å²) in [5.74, 6) is 0.856. The first-order valence-electron chi connectivity index (χ1n) is 7.62. The number of nitrogens with zero attached hydrogens (tertiary/aromatic N) is 2. The SMILES string of the molecule is COc1ccc(NC(N)=NCC(c2ccc(F)cc2)N(C)C)cc1. The second-order valence-electron chi connectivity index (χ2n) is 5.61. The zero-order valence-corrected chi connectivity index (χ0v) is 14.2. The third kappa shape index (κ3) is 4.96. The number of ether oxygens (including phenoxy) is 1. The summed E-state index contributed by atoms with van der Waals surface area (Å²) in [6.07, 6.45) is 0. The average molecular weight is 330 g/mol. The number of rotatable bonds is 6. The highest BCUT2D eigenvalue weighted by Gasteiger charge is 2.13. The van der Waals surface area contributed by atoms with Gasteiger partial charge in [-0.3, -0.25) is 4.99 Å². The minimum absolute atomic E-state index is 0.0156. The van der Waals surface area contributed by atoms with Crippen LogP contribution in [-0.4, -0.2) is 38.6 Å². The zero-order valence-electron chi connectivity index (χ0n) is 14.2. The van der Waals surface area contributed by atoms with E-state index in [2.05, 4.69) is 10.3 Å². The van der Waals surface area contributed by atoms with Gasteiger partial charge in [0.05, 0.1) is 19.7 Å². The van der Waals surface area contributed by atoms with E-state index >= 15 is 0 Å². The Bertz CT molecular complexity index is 668. The summed E-state index contributed by atoms with van der Waals surface area (Å²) in [5, 5.41) is 3.04. The van der Waals surface area contributed by atoms with Crippen LogP contribution in [0.5, 0.6) is 5.75 Å². The highest BCUT2D eigenvalue weighted by molar-refractivity contribution is 5.92. The second-order valence-corrected chi connectivity index (χ2v) is 5.61. The maximum Gasteiger partial charge on any atom is 0.193 e. The molecule has 24 heavy (non-hydrogen) atoms. The molecule has 2 rings (SSSR count). The Balaban J connectivity index is 2.03. The van der Waals surface area contributed by atoms with Crippen LogP contribution in [0.4, 0.5) is 10.1 Å². The molecule has 5 nitrogen and oxygen atoms in total. The monoisotopic (exact) mass is 330 g/mol. The lowest BCUT2D eigenvalue weighted by molar-refractivity contribution is 0.306. The van der Waals surface area contributed by atoms with Gasteiger partial charge in [0.25, 0.3) is 0 Å². The molecule has 0 radical (unpaired) electrons. The molecule has 1 unspecified atom stereocenters. The predicted octanol–water partition coefficient (Wildman–Crippen LogP) is 2.86. The third-order valence-corrected chi connectivity index (χ3v) is 3.68. The van der Waals surface area contributed by atoms with Gasteiger partial charge in [0.15, 0.2) is 5.96 Å². The van der Waals surface area contributed by atoms with E-state index in [4.69, 9.17) is 10.5 Å². The van der Waals surface area contributed by atoms with Gasteiger partial charge >= 0.3 is 0 Å². The predicted molar refractivity (Wildman–Crippen MR) is 95.9 cm³/mol. The van der Waals surface area contributed by atoms with Crippen LogP contribution in [0.3, 0.4) is 0 Å². The number of nitrogens with two attached hydrogens (primary N) is 1. The van der Waals surface area contributed by atoms with Crippen LogP contribution in [-0.2, 0) is 0 Å². The van der Waals surface area contributed by atoms with E-state index < -0.39 is 0 Å². The molecule has 6 heteroatoms. The lowest BCUT2D eigenvalue weighted by Crippen LogP contribution is -2.27. The van der Waals surface area contributed by atoms with Crippen molar-refractivity contribution in [3.8, 4) is 5.75 Å². The molecule has 0 spiro atoms. The molecule has 0 bridgehead atoms. The molecule has 0 aliphatic carbocycles. The Morgan fingerprint density at radius 2 is 1.79 bits per heavy atom. The first kappa shape index (κ1) is 17.7. The van der Waals surface area contributed by atoms with Crippen LogP contribution in [0.2, 0.25) is 0 Å². The van der Waals surface area contributed by atoms with Gasteiger partial charge in [0.1, 0.15) is 11.6 Å². The standard InChI is InChI=1S/C18H23FN4O/c1-23(2)17(13-4-6-14(19)7-5-13)12-21-18(20)22-15-8-10-16(24-3)11-9-15/h4-11,17H,12H2,1-3H3,(H3,20,21,22). The van der Waals surface area contributed by atoms with Crippen LogP contribution in [0.1, 0.15) is 11.6 Å². The van der Waals surface area contributed by atoms with Crippen molar-refractivity contribution in [2.75, 3.05) is 33.1 Å². The van der Waals surface area contributed by atoms with Gasteiger partial charge in [-0.15, -0.1) is 0 Å². The van der Waals surface area contributed by atoms with Crippen molar-refractivity contribution in [1.82, 2.24) is 4.90 Å². The number of methoxy groups -OCH3 is 1. The lowest BCUT2D eigenvalue weighted by Gasteiger charge is -2.23. The van der Waals surface area contributed by atoms with E-state index in [0.717, 1.165) is 17.0 Å². The van der Waals surface area contributed by atoms with Crippen molar-refractivity contribution in [3.63, 3.8) is 0 Å². The van der Waals surface area contributed by atoms with E-state index in [1.165, 1.54) is 12.1 Å². The van der Waals surface area contributed by atoms with Crippen molar-refractivity contribution in [1.29, 1.82) is 0 Å². The molecule has 0 aliphatic heterocycles. The fourth-order valence-corrected chi connectivity index (χ4v) is 2.30. The van der Waals surface area contributed by atoms with Gasteiger partial charge in [0.2, 0.25) is 0 Å². The summed E-state index contributed by atoms with van der Waals surface area (Å²) in [5.41, 5.74) is 7.78. The van der Waals surface area contributed by atoms with E-state index in [1.54, 1.807) is 19.2 Å². The summed E-state index contributed by atoms with van der Waals surface area (Å²) in [7, 11) is 5.53. The first-order chi connectivity index (χ1) is 11.5. The number of aliphatic imine (C=N–C) groups is 1. The number of likely N-dealkylation sites (N-methyl/N-ethyl adjacent to an activating group) is 1. The average Bonchev–Trinajstić information content (AvgIpc) is 2.57. The molecule has 2 aromatic carbocycles. The fraction of sp³-hybridized carbons (Fsp3) is 0.278. The molecule has 0 saturated heterocycles. The smallest absolute Gasteiger partial charge is 0.193 e. The van der Waals surface area contributed by atoms with Crippen molar-refractivity contribution in [3.05, 3.63) is 59.9 Å². The van der Waals surface area contributed by atoms with E-state index in [1.807, 2.05) is 43.3 Å². The molecule has 128 valence electrons. The Morgan fingerprint density at radius 3 is 2.33 bits per heavy atom. The van der Waals surface area contributed by atoms with Gasteiger partial charge in [-0.05, 0) is 56.1 Å². The van der Waals surface area contributed by atoms with Crippen molar-refractivity contribution in [2.24, 2.45) is 10.7 Å². The van der Waals surface area contributed by atoms with Gasteiger partial charge in [0, 0.05) is 5.69 Å². The highest BCUT2D eigenvalue weighted by Crippen LogP contribution is 2.19. The summed E-state index contributed by atoms with van der Waals surface area (Å²) in [6.45, 7) is 0.466. The summed E-state index contributed by atoms with van der Waals surface area (Å²) < 4.78 is 18.2. The fourth-order valence-electron chi connectivity index (χ4n) is 2.30. The van der Waals surface area contributed by atoms with Crippen LogP contribution >= 0.6 is 0 Å². The third-order valence-electron chi connectivity index (χ3n) is 3.68. The normalized spacial score (nSPS) is 13.0. The lowest BCUT2D eigenvalue weighted by atomic mass is 10.1.